The van der Waals surface area contributed by atoms with Gasteiger partial charge in [-0.3, -0.25) is 4.79 Å². The molecule has 1 N–H and O–H groups in total. The van der Waals surface area contributed by atoms with Crippen molar-refractivity contribution in [2.45, 2.75) is 45.1 Å². The SMILES string of the molecule is CCC1c2ccsc2CCN1C(=O)CCC1CCNC1.Cl. The van der Waals surface area contributed by atoms with E-state index >= 15 is 0 Å². The third-order valence-corrected chi connectivity index (χ3v) is 5.73. The number of hydrogen-bond acceptors (Lipinski definition) is 3. The Bertz CT molecular complexity index is 471. The summed E-state index contributed by atoms with van der Waals surface area (Å²) >= 11 is 1.85. The van der Waals surface area contributed by atoms with E-state index < -0.39 is 0 Å². The Morgan fingerprint density at radius 1 is 1.52 bits per heavy atom. The molecule has 0 radical (unpaired) electrons. The number of hydrogen-bond donors (Lipinski definition) is 1. The summed E-state index contributed by atoms with van der Waals surface area (Å²) in [6.45, 7) is 5.32. The molecule has 2 atom stereocenters. The van der Waals surface area contributed by atoms with Crippen molar-refractivity contribution in [3.8, 4) is 0 Å². The Labute approximate surface area is 137 Å². The zero-order valence-corrected chi connectivity index (χ0v) is 14.3. The van der Waals surface area contributed by atoms with Gasteiger partial charge >= 0.3 is 0 Å². The van der Waals surface area contributed by atoms with E-state index in [0.717, 1.165) is 45.3 Å². The second kappa shape index (κ2) is 7.61. The summed E-state index contributed by atoms with van der Waals surface area (Å²) in [6, 6.07) is 2.54. The summed E-state index contributed by atoms with van der Waals surface area (Å²) in [5, 5.41) is 5.55. The molecule has 0 saturated carbocycles. The highest BCUT2D eigenvalue weighted by Gasteiger charge is 2.30. The van der Waals surface area contributed by atoms with E-state index in [1.807, 2.05) is 11.3 Å². The molecule has 1 fully saturated rings. The van der Waals surface area contributed by atoms with Gasteiger partial charge in [-0.25, -0.2) is 0 Å². The molecule has 2 aliphatic heterocycles. The lowest BCUT2D eigenvalue weighted by Crippen LogP contribution is -2.39. The van der Waals surface area contributed by atoms with Crippen LogP contribution in [0, 0.1) is 5.92 Å². The van der Waals surface area contributed by atoms with Gasteiger partial charge in [0.05, 0.1) is 6.04 Å². The highest BCUT2D eigenvalue weighted by molar-refractivity contribution is 7.10. The van der Waals surface area contributed by atoms with Crippen molar-refractivity contribution in [1.29, 1.82) is 0 Å². The average molecular weight is 329 g/mol. The lowest BCUT2D eigenvalue weighted by atomic mass is 9.96. The minimum absolute atomic E-state index is 0. The zero-order valence-electron chi connectivity index (χ0n) is 12.6. The Hall–Kier alpha value is -0.580. The molecule has 3 nitrogen and oxygen atoms in total. The summed E-state index contributed by atoms with van der Waals surface area (Å²) in [5.41, 5.74) is 1.40. The van der Waals surface area contributed by atoms with Crippen LogP contribution >= 0.6 is 23.7 Å². The monoisotopic (exact) mass is 328 g/mol. The molecule has 0 spiro atoms. The number of halogens is 1. The van der Waals surface area contributed by atoms with E-state index in [4.69, 9.17) is 0 Å². The van der Waals surface area contributed by atoms with Crippen LogP contribution in [-0.4, -0.2) is 30.4 Å². The van der Waals surface area contributed by atoms with Gasteiger partial charge in [0.1, 0.15) is 0 Å². The first-order valence-electron chi connectivity index (χ1n) is 7.86. The fraction of sp³-hybridized carbons (Fsp3) is 0.688. The summed E-state index contributed by atoms with van der Waals surface area (Å²) < 4.78 is 0. The van der Waals surface area contributed by atoms with E-state index in [0.29, 0.717) is 17.9 Å². The lowest BCUT2D eigenvalue weighted by molar-refractivity contribution is -0.134. The van der Waals surface area contributed by atoms with Crippen LogP contribution in [0.4, 0.5) is 0 Å². The van der Waals surface area contributed by atoms with Crippen LogP contribution in [-0.2, 0) is 11.2 Å². The molecule has 0 aliphatic carbocycles. The van der Waals surface area contributed by atoms with Crippen molar-refractivity contribution in [3.63, 3.8) is 0 Å². The molecule has 1 aromatic heterocycles. The summed E-state index contributed by atoms with van der Waals surface area (Å²) in [5.74, 6) is 1.07. The van der Waals surface area contributed by atoms with Gasteiger partial charge in [-0.05, 0) is 61.7 Å². The maximum absolute atomic E-state index is 12.6. The second-order valence-corrected chi connectivity index (χ2v) is 6.96. The first-order valence-corrected chi connectivity index (χ1v) is 8.74. The Balaban J connectivity index is 0.00000161. The van der Waals surface area contributed by atoms with Gasteiger partial charge in [-0.15, -0.1) is 23.7 Å². The van der Waals surface area contributed by atoms with Crippen LogP contribution in [0.15, 0.2) is 11.4 Å². The van der Waals surface area contributed by atoms with Crippen LogP contribution < -0.4 is 5.32 Å². The van der Waals surface area contributed by atoms with Crippen LogP contribution in [0.2, 0.25) is 0 Å². The topological polar surface area (TPSA) is 32.3 Å². The largest absolute Gasteiger partial charge is 0.335 e. The van der Waals surface area contributed by atoms with Gasteiger partial charge in [0.25, 0.3) is 0 Å². The van der Waals surface area contributed by atoms with Crippen molar-refractivity contribution in [1.82, 2.24) is 10.2 Å². The third kappa shape index (κ3) is 3.61. The maximum atomic E-state index is 12.6. The van der Waals surface area contributed by atoms with Crippen molar-refractivity contribution >= 4 is 29.7 Å². The van der Waals surface area contributed by atoms with Gasteiger partial charge < -0.3 is 10.2 Å². The van der Waals surface area contributed by atoms with Crippen LogP contribution in [0.25, 0.3) is 0 Å². The fourth-order valence-electron chi connectivity index (χ4n) is 3.57. The number of fused-ring (bicyclic) bond motifs is 1. The molecule has 5 heteroatoms. The minimum atomic E-state index is 0. The van der Waals surface area contributed by atoms with Crippen LogP contribution in [0.5, 0.6) is 0 Å². The van der Waals surface area contributed by atoms with Gasteiger partial charge in [0.15, 0.2) is 0 Å². The molecule has 2 unspecified atom stereocenters. The normalized spacial score (nSPS) is 24.5. The second-order valence-electron chi connectivity index (χ2n) is 5.96. The smallest absolute Gasteiger partial charge is 0.223 e. The maximum Gasteiger partial charge on any atom is 0.223 e. The highest BCUT2D eigenvalue weighted by Crippen LogP contribution is 2.35. The van der Waals surface area contributed by atoms with Crippen molar-refractivity contribution < 1.29 is 4.79 Å². The standard InChI is InChI=1S/C16H24N2OS.ClH/c1-2-14-13-7-10-20-15(13)6-9-18(14)16(19)4-3-12-5-8-17-11-12;/h7,10,12,14,17H,2-6,8-9,11H2,1H3;1H. The van der Waals surface area contributed by atoms with E-state index in [9.17, 15) is 4.79 Å². The molecule has 21 heavy (non-hydrogen) atoms. The summed E-state index contributed by atoms with van der Waals surface area (Å²) in [7, 11) is 0. The molecule has 3 heterocycles. The first kappa shape index (κ1) is 16.8. The summed E-state index contributed by atoms with van der Waals surface area (Å²) in [6.07, 6.45) is 5.08. The minimum Gasteiger partial charge on any atom is -0.335 e. The third-order valence-electron chi connectivity index (χ3n) is 4.73. The number of carbonyl (C=O) groups is 1. The van der Waals surface area contributed by atoms with Crippen LogP contribution in [0.1, 0.15) is 49.1 Å². The van der Waals surface area contributed by atoms with E-state index in [-0.39, 0.29) is 12.4 Å². The molecule has 0 aromatic carbocycles. The predicted octanol–water partition coefficient (Wildman–Crippen LogP) is 3.40. The average Bonchev–Trinajstić information content (AvgIpc) is 3.14. The number of carbonyl (C=O) groups excluding carboxylic acids is 1. The molecule has 118 valence electrons. The van der Waals surface area contributed by atoms with E-state index in [1.54, 1.807) is 0 Å². The van der Waals surface area contributed by atoms with Gasteiger partial charge in [0, 0.05) is 17.8 Å². The van der Waals surface area contributed by atoms with Crippen molar-refractivity contribution in [2.75, 3.05) is 19.6 Å². The Kier molecular flexibility index (Phi) is 6.08. The number of rotatable bonds is 4. The molecule has 3 rings (SSSR count). The molecular weight excluding hydrogens is 304 g/mol. The van der Waals surface area contributed by atoms with E-state index in [2.05, 4.69) is 28.6 Å². The van der Waals surface area contributed by atoms with E-state index in [1.165, 1.54) is 16.9 Å². The molecular formula is C16H25ClN2OS. The van der Waals surface area contributed by atoms with Gasteiger partial charge in [-0.2, -0.15) is 0 Å². The number of thiophene rings is 1. The van der Waals surface area contributed by atoms with Crippen molar-refractivity contribution in [2.24, 2.45) is 5.92 Å². The molecule has 1 amide bonds. The molecule has 2 aliphatic rings. The van der Waals surface area contributed by atoms with Gasteiger partial charge in [0.2, 0.25) is 5.91 Å². The quantitative estimate of drug-likeness (QED) is 0.918. The Morgan fingerprint density at radius 3 is 3.10 bits per heavy atom. The lowest BCUT2D eigenvalue weighted by Gasteiger charge is -2.35. The number of nitrogens with zero attached hydrogens (tertiary/aromatic N) is 1. The number of amides is 1. The molecule has 1 aromatic rings. The van der Waals surface area contributed by atoms with Crippen molar-refractivity contribution in [3.05, 3.63) is 21.9 Å². The molecule has 1 saturated heterocycles. The zero-order chi connectivity index (χ0) is 13.9. The summed E-state index contributed by atoms with van der Waals surface area (Å²) in [4.78, 5) is 16.2. The molecule has 0 bridgehead atoms. The predicted molar refractivity (Wildman–Crippen MR) is 90.2 cm³/mol. The van der Waals surface area contributed by atoms with Gasteiger partial charge in [-0.1, -0.05) is 6.92 Å². The fourth-order valence-corrected chi connectivity index (χ4v) is 4.50. The highest BCUT2D eigenvalue weighted by atomic mass is 35.5. The number of nitrogens with one attached hydrogen (secondary N) is 1. The van der Waals surface area contributed by atoms with Crippen LogP contribution in [0.3, 0.4) is 0 Å². The first-order chi connectivity index (χ1) is 9.79. The Morgan fingerprint density at radius 2 is 2.38 bits per heavy atom.